The number of ether oxygens (including phenoxy) is 1. The molecule has 1 N–H and O–H groups in total. The van der Waals surface area contributed by atoms with Crippen molar-refractivity contribution in [1.29, 1.82) is 0 Å². The SMILES string of the molecule is Cc1ccc(CNC(=O)COC(=O)c2ccc(F)c(Cl)c2)cc1. The number of benzene rings is 2. The number of halogens is 2. The molecule has 0 bridgehead atoms. The minimum Gasteiger partial charge on any atom is -0.452 e. The van der Waals surface area contributed by atoms with E-state index in [2.05, 4.69) is 5.32 Å². The Labute approximate surface area is 138 Å². The van der Waals surface area contributed by atoms with Crippen molar-refractivity contribution in [1.82, 2.24) is 5.32 Å². The Kier molecular flexibility index (Phi) is 5.71. The Hall–Kier alpha value is -2.40. The number of carbonyl (C=O) groups excluding carboxylic acids is 2. The van der Waals surface area contributed by atoms with Crippen LogP contribution in [-0.2, 0) is 16.1 Å². The predicted molar refractivity (Wildman–Crippen MR) is 84.7 cm³/mol. The molecule has 0 atom stereocenters. The molecule has 0 saturated carbocycles. The largest absolute Gasteiger partial charge is 0.452 e. The average molecular weight is 336 g/mol. The van der Waals surface area contributed by atoms with Gasteiger partial charge in [-0.2, -0.15) is 0 Å². The minimum absolute atomic E-state index is 0.0859. The van der Waals surface area contributed by atoms with Crippen LogP contribution in [0.25, 0.3) is 0 Å². The molecule has 0 heterocycles. The number of carbonyl (C=O) groups is 2. The molecule has 0 fully saturated rings. The van der Waals surface area contributed by atoms with Gasteiger partial charge in [-0.25, -0.2) is 9.18 Å². The summed E-state index contributed by atoms with van der Waals surface area (Å²) in [6.07, 6.45) is 0. The summed E-state index contributed by atoms with van der Waals surface area (Å²) in [6.45, 7) is 1.91. The Morgan fingerprint density at radius 2 is 1.87 bits per heavy atom. The highest BCUT2D eigenvalue weighted by Gasteiger charge is 2.12. The molecule has 23 heavy (non-hydrogen) atoms. The Morgan fingerprint density at radius 3 is 2.52 bits per heavy atom. The summed E-state index contributed by atoms with van der Waals surface area (Å²) in [5.74, 6) is -1.79. The van der Waals surface area contributed by atoms with E-state index >= 15 is 0 Å². The van der Waals surface area contributed by atoms with Gasteiger partial charge in [0, 0.05) is 6.54 Å². The van der Waals surface area contributed by atoms with Gasteiger partial charge in [-0.05, 0) is 30.7 Å². The van der Waals surface area contributed by atoms with E-state index in [0.29, 0.717) is 6.54 Å². The number of aryl methyl sites for hydroxylation is 1. The van der Waals surface area contributed by atoms with Crippen LogP contribution in [0.4, 0.5) is 4.39 Å². The number of rotatable bonds is 5. The fraction of sp³-hybridized carbons (Fsp3) is 0.176. The van der Waals surface area contributed by atoms with Crippen molar-refractivity contribution in [3.63, 3.8) is 0 Å². The molecular formula is C17H15ClFNO3. The van der Waals surface area contributed by atoms with Crippen molar-refractivity contribution in [3.05, 3.63) is 70.0 Å². The van der Waals surface area contributed by atoms with Crippen molar-refractivity contribution < 1.29 is 18.7 Å². The average Bonchev–Trinajstić information content (AvgIpc) is 2.54. The minimum atomic E-state index is -0.739. The fourth-order valence-electron chi connectivity index (χ4n) is 1.80. The zero-order valence-corrected chi connectivity index (χ0v) is 13.2. The summed E-state index contributed by atoms with van der Waals surface area (Å²) in [5, 5.41) is 2.47. The maximum absolute atomic E-state index is 13.0. The van der Waals surface area contributed by atoms with Gasteiger partial charge in [0.25, 0.3) is 5.91 Å². The molecule has 2 rings (SSSR count). The first-order valence-corrected chi connectivity index (χ1v) is 7.28. The van der Waals surface area contributed by atoms with E-state index in [-0.39, 0.29) is 10.6 Å². The second-order valence-corrected chi connectivity index (χ2v) is 5.37. The van der Waals surface area contributed by atoms with Crippen LogP contribution in [0, 0.1) is 12.7 Å². The van der Waals surface area contributed by atoms with Crippen molar-refractivity contribution in [3.8, 4) is 0 Å². The molecule has 2 aromatic carbocycles. The first-order chi connectivity index (χ1) is 11.0. The molecule has 0 radical (unpaired) electrons. The van der Waals surface area contributed by atoms with Gasteiger partial charge in [-0.3, -0.25) is 4.79 Å². The maximum Gasteiger partial charge on any atom is 0.338 e. The summed E-state index contributed by atoms with van der Waals surface area (Å²) in [7, 11) is 0. The molecule has 0 aromatic heterocycles. The molecule has 2 aromatic rings. The smallest absolute Gasteiger partial charge is 0.338 e. The normalized spacial score (nSPS) is 10.2. The molecule has 0 unspecified atom stereocenters. The van der Waals surface area contributed by atoms with Crippen molar-refractivity contribution in [2.75, 3.05) is 6.61 Å². The van der Waals surface area contributed by atoms with Crippen LogP contribution in [0.3, 0.4) is 0 Å². The number of hydrogen-bond acceptors (Lipinski definition) is 3. The van der Waals surface area contributed by atoms with E-state index in [1.807, 2.05) is 31.2 Å². The zero-order valence-electron chi connectivity index (χ0n) is 12.4. The Balaban J connectivity index is 1.80. The zero-order chi connectivity index (χ0) is 16.8. The molecule has 0 aliphatic rings. The summed E-state index contributed by atoms with van der Waals surface area (Å²) in [4.78, 5) is 23.4. The third kappa shape index (κ3) is 5.07. The van der Waals surface area contributed by atoms with Crippen molar-refractivity contribution in [2.24, 2.45) is 0 Å². The van der Waals surface area contributed by atoms with Crippen LogP contribution in [0.2, 0.25) is 5.02 Å². The van der Waals surface area contributed by atoms with Gasteiger partial charge in [0.05, 0.1) is 10.6 Å². The number of nitrogens with one attached hydrogen (secondary N) is 1. The third-order valence-electron chi connectivity index (χ3n) is 3.10. The van der Waals surface area contributed by atoms with E-state index in [0.717, 1.165) is 23.3 Å². The van der Waals surface area contributed by atoms with Gasteiger partial charge in [-0.15, -0.1) is 0 Å². The van der Waals surface area contributed by atoms with Gasteiger partial charge in [0.1, 0.15) is 5.82 Å². The molecule has 0 saturated heterocycles. The van der Waals surface area contributed by atoms with E-state index in [9.17, 15) is 14.0 Å². The highest BCUT2D eigenvalue weighted by atomic mass is 35.5. The standard InChI is InChI=1S/C17H15ClFNO3/c1-11-2-4-12(5-3-11)9-20-16(21)10-23-17(22)13-6-7-15(19)14(18)8-13/h2-8H,9-10H2,1H3,(H,20,21). The quantitative estimate of drug-likeness (QED) is 0.853. The predicted octanol–water partition coefficient (Wildman–Crippen LogP) is 3.26. The number of esters is 1. The molecule has 6 heteroatoms. The third-order valence-corrected chi connectivity index (χ3v) is 3.39. The lowest BCUT2D eigenvalue weighted by Crippen LogP contribution is -2.28. The van der Waals surface area contributed by atoms with Crippen LogP contribution in [-0.4, -0.2) is 18.5 Å². The van der Waals surface area contributed by atoms with Crippen LogP contribution in [0.5, 0.6) is 0 Å². The lowest BCUT2D eigenvalue weighted by Gasteiger charge is -2.07. The van der Waals surface area contributed by atoms with Crippen LogP contribution < -0.4 is 5.32 Å². The first-order valence-electron chi connectivity index (χ1n) is 6.90. The molecule has 0 aliphatic carbocycles. The van der Waals surface area contributed by atoms with E-state index in [1.165, 1.54) is 6.07 Å². The first kappa shape index (κ1) is 17.0. The van der Waals surface area contributed by atoms with Crippen LogP contribution >= 0.6 is 11.6 Å². The molecule has 1 amide bonds. The van der Waals surface area contributed by atoms with Gasteiger partial charge in [0.2, 0.25) is 0 Å². The highest BCUT2D eigenvalue weighted by Crippen LogP contribution is 2.16. The Bertz CT molecular complexity index is 716. The second kappa shape index (κ2) is 7.74. The lowest BCUT2D eigenvalue weighted by atomic mass is 10.1. The van der Waals surface area contributed by atoms with Gasteiger partial charge in [0.15, 0.2) is 6.61 Å². The van der Waals surface area contributed by atoms with Gasteiger partial charge >= 0.3 is 5.97 Å². The van der Waals surface area contributed by atoms with Crippen LogP contribution in [0.15, 0.2) is 42.5 Å². The van der Waals surface area contributed by atoms with Crippen molar-refractivity contribution in [2.45, 2.75) is 13.5 Å². The molecule has 0 spiro atoms. The molecule has 0 aliphatic heterocycles. The number of amides is 1. The Morgan fingerprint density at radius 1 is 1.17 bits per heavy atom. The van der Waals surface area contributed by atoms with Gasteiger partial charge < -0.3 is 10.1 Å². The summed E-state index contributed by atoms with van der Waals surface area (Å²) < 4.78 is 17.9. The second-order valence-electron chi connectivity index (χ2n) is 4.97. The molecular weight excluding hydrogens is 321 g/mol. The summed E-state index contributed by atoms with van der Waals surface area (Å²) >= 11 is 5.59. The fourth-order valence-corrected chi connectivity index (χ4v) is 1.98. The van der Waals surface area contributed by atoms with E-state index in [1.54, 1.807) is 0 Å². The molecule has 4 nitrogen and oxygen atoms in total. The monoisotopic (exact) mass is 335 g/mol. The topological polar surface area (TPSA) is 55.4 Å². The number of hydrogen-bond donors (Lipinski definition) is 1. The lowest BCUT2D eigenvalue weighted by molar-refractivity contribution is -0.124. The van der Waals surface area contributed by atoms with Crippen molar-refractivity contribution >= 4 is 23.5 Å². The summed E-state index contributed by atoms with van der Waals surface area (Å²) in [6, 6.07) is 11.2. The van der Waals surface area contributed by atoms with Gasteiger partial charge in [-0.1, -0.05) is 41.4 Å². The maximum atomic E-state index is 13.0. The van der Waals surface area contributed by atoms with E-state index < -0.39 is 24.3 Å². The summed E-state index contributed by atoms with van der Waals surface area (Å²) in [5.41, 5.74) is 2.16. The van der Waals surface area contributed by atoms with Crippen LogP contribution in [0.1, 0.15) is 21.5 Å². The molecule has 120 valence electrons. The highest BCUT2D eigenvalue weighted by molar-refractivity contribution is 6.31. The van der Waals surface area contributed by atoms with E-state index in [4.69, 9.17) is 16.3 Å².